The van der Waals surface area contributed by atoms with Crippen molar-refractivity contribution in [1.29, 1.82) is 0 Å². The predicted octanol–water partition coefficient (Wildman–Crippen LogP) is 1.31. The number of likely N-dealkylation sites (N-methyl/N-ethyl adjacent to an activating group) is 1. The maximum absolute atomic E-state index is 12.3. The largest absolute Gasteiger partial charge is 0.347 e. The summed E-state index contributed by atoms with van der Waals surface area (Å²) in [4.78, 5) is 25.9. The monoisotopic (exact) mass is 291 g/mol. The SMILES string of the molecule is CC(C)CC(NC(=O)C(N)c1ccccc1)C(=O)N(C)C. The average Bonchev–Trinajstić information content (AvgIpc) is 2.45. The van der Waals surface area contributed by atoms with E-state index in [1.807, 2.05) is 32.0 Å². The molecule has 0 fully saturated rings. The molecule has 21 heavy (non-hydrogen) atoms. The Morgan fingerprint density at radius 1 is 1.19 bits per heavy atom. The van der Waals surface area contributed by atoms with E-state index in [0.717, 1.165) is 5.56 Å². The second-order valence-corrected chi connectivity index (χ2v) is 5.81. The molecule has 3 N–H and O–H groups in total. The number of amides is 2. The van der Waals surface area contributed by atoms with Crippen LogP contribution in [0.1, 0.15) is 31.9 Å². The van der Waals surface area contributed by atoms with E-state index < -0.39 is 12.1 Å². The van der Waals surface area contributed by atoms with Gasteiger partial charge in [0.1, 0.15) is 12.1 Å². The maximum Gasteiger partial charge on any atom is 0.244 e. The minimum atomic E-state index is -0.768. The van der Waals surface area contributed by atoms with Crippen molar-refractivity contribution >= 4 is 11.8 Å². The number of hydrogen-bond acceptors (Lipinski definition) is 3. The molecule has 5 nitrogen and oxygen atoms in total. The molecule has 0 radical (unpaired) electrons. The quantitative estimate of drug-likeness (QED) is 0.829. The number of nitrogens with zero attached hydrogens (tertiary/aromatic N) is 1. The first-order valence-corrected chi connectivity index (χ1v) is 7.15. The molecule has 116 valence electrons. The second-order valence-electron chi connectivity index (χ2n) is 5.81. The summed E-state index contributed by atoms with van der Waals surface area (Å²) in [6.45, 7) is 4.03. The Balaban J connectivity index is 2.78. The maximum atomic E-state index is 12.3. The van der Waals surface area contributed by atoms with Gasteiger partial charge < -0.3 is 16.0 Å². The van der Waals surface area contributed by atoms with Crippen LogP contribution in [0, 0.1) is 5.92 Å². The first-order valence-electron chi connectivity index (χ1n) is 7.15. The average molecular weight is 291 g/mol. The van der Waals surface area contributed by atoms with Crippen LogP contribution in [0.25, 0.3) is 0 Å². The Labute approximate surface area is 126 Å². The number of nitrogens with two attached hydrogens (primary N) is 1. The van der Waals surface area contributed by atoms with Gasteiger partial charge in [0.25, 0.3) is 0 Å². The molecule has 0 heterocycles. The van der Waals surface area contributed by atoms with E-state index in [0.29, 0.717) is 12.3 Å². The summed E-state index contributed by atoms with van der Waals surface area (Å²) in [5.41, 5.74) is 6.69. The van der Waals surface area contributed by atoms with Gasteiger partial charge in [-0.2, -0.15) is 0 Å². The van der Waals surface area contributed by atoms with Crippen LogP contribution in [0.3, 0.4) is 0 Å². The van der Waals surface area contributed by atoms with Crippen LogP contribution in [0.5, 0.6) is 0 Å². The molecule has 0 spiro atoms. The predicted molar refractivity (Wildman–Crippen MR) is 83.5 cm³/mol. The van der Waals surface area contributed by atoms with Crippen LogP contribution in [-0.2, 0) is 9.59 Å². The minimum Gasteiger partial charge on any atom is -0.347 e. The molecule has 1 aromatic rings. The fourth-order valence-electron chi connectivity index (χ4n) is 2.08. The third-order valence-corrected chi connectivity index (χ3v) is 3.20. The highest BCUT2D eigenvalue weighted by Gasteiger charge is 2.26. The first kappa shape index (κ1) is 17.2. The lowest BCUT2D eigenvalue weighted by Crippen LogP contribution is -2.49. The van der Waals surface area contributed by atoms with Gasteiger partial charge in [0.15, 0.2) is 0 Å². The lowest BCUT2D eigenvalue weighted by Gasteiger charge is -2.24. The molecule has 2 unspecified atom stereocenters. The van der Waals surface area contributed by atoms with E-state index in [-0.39, 0.29) is 11.8 Å². The third kappa shape index (κ3) is 5.19. The van der Waals surface area contributed by atoms with E-state index in [2.05, 4.69) is 5.32 Å². The minimum absolute atomic E-state index is 0.114. The highest BCUT2D eigenvalue weighted by molar-refractivity contribution is 5.90. The fraction of sp³-hybridized carbons (Fsp3) is 0.500. The van der Waals surface area contributed by atoms with Crippen LogP contribution in [-0.4, -0.2) is 36.9 Å². The third-order valence-electron chi connectivity index (χ3n) is 3.20. The van der Waals surface area contributed by atoms with Gasteiger partial charge in [0, 0.05) is 14.1 Å². The lowest BCUT2D eigenvalue weighted by atomic mass is 10.0. The standard InChI is InChI=1S/C16H25N3O2/c1-11(2)10-13(16(21)19(3)4)18-15(20)14(17)12-8-6-5-7-9-12/h5-9,11,13-14H,10,17H2,1-4H3,(H,18,20). The summed E-state index contributed by atoms with van der Waals surface area (Å²) in [7, 11) is 3.36. The van der Waals surface area contributed by atoms with Crippen molar-refractivity contribution in [3.05, 3.63) is 35.9 Å². The highest BCUT2D eigenvalue weighted by atomic mass is 16.2. The van der Waals surface area contributed by atoms with E-state index in [4.69, 9.17) is 5.73 Å². The van der Waals surface area contributed by atoms with Crippen molar-refractivity contribution in [2.24, 2.45) is 11.7 Å². The molecule has 2 amide bonds. The molecule has 0 saturated carbocycles. The van der Waals surface area contributed by atoms with Crippen molar-refractivity contribution < 1.29 is 9.59 Å². The van der Waals surface area contributed by atoms with Crippen LogP contribution in [0.4, 0.5) is 0 Å². The Hall–Kier alpha value is -1.88. The lowest BCUT2D eigenvalue weighted by molar-refractivity contribution is -0.135. The topological polar surface area (TPSA) is 75.4 Å². The molecule has 5 heteroatoms. The summed E-state index contributed by atoms with van der Waals surface area (Å²) in [6, 6.07) is 7.83. The van der Waals surface area contributed by atoms with Crippen molar-refractivity contribution in [3.63, 3.8) is 0 Å². The summed E-state index contributed by atoms with van der Waals surface area (Å²) in [5.74, 6) is -0.147. The van der Waals surface area contributed by atoms with Gasteiger partial charge in [0.05, 0.1) is 0 Å². The zero-order valence-electron chi connectivity index (χ0n) is 13.2. The second kappa shape index (κ2) is 7.78. The van der Waals surface area contributed by atoms with Crippen LogP contribution >= 0.6 is 0 Å². The summed E-state index contributed by atoms with van der Waals surface area (Å²) < 4.78 is 0. The van der Waals surface area contributed by atoms with E-state index in [9.17, 15) is 9.59 Å². The molecule has 0 aliphatic rings. The molecule has 0 aliphatic heterocycles. The molecule has 0 saturated heterocycles. The number of nitrogens with one attached hydrogen (secondary N) is 1. The summed E-state index contributed by atoms with van der Waals surface area (Å²) in [5, 5.41) is 2.77. The highest BCUT2D eigenvalue weighted by Crippen LogP contribution is 2.12. The van der Waals surface area contributed by atoms with Gasteiger partial charge in [-0.1, -0.05) is 44.2 Å². The zero-order valence-corrected chi connectivity index (χ0v) is 13.2. The Bertz CT molecular complexity index is 472. The molecule has 0 bridgehead atoms. The first-order chi connectivity index (χ1) is 9.82. The van der Waals surface area contributed by atoms with Crippen LogP contribution in [0.15, 0.2) is 30.3 Å². The van der Waals surface area contributed by atoms with E-state index in [1.54, 1.807) is 26.2 Å². The fourth-order valence-corrected chi connectivity index (χ4v) is 2.08. The number of carbonyl (C=O) groups excluding carboxylic acids is 2. The van der Waals surface area contributed by atoms with Gasteiger partial charge in [-0.25, -0.2) is 0 Å². The van der Waals surface area contributed by atoms with Crippen molar-refractivity contribution in [3.8, 4) is 0 Å². The summed E-state index contributed by atoms with van der Waals surface area (Å²) in [6.07, 6.45) is 0.588. The molecule has 1 rings (SSSR count). The van der Waals surface area contributed by atoms with Gasteiger partial charge in [0.2, 0.25) is 11.8 Å². The molecule has 2 atom stereocenters. The molecule has 1 aromatic carbocycles. The van der Waals surface area contributed by atoms with Crippen molar-refractivity contribution in [2.45, 2.75) is 32.4 Å². The Morgan fingerprint density at radius 3 is 2.24 bits per heavy atom. The Kier molecular flexibility index (Phi) is 6.37. The molecular weight excluding hydrogens is 266 g/mol. The van der Waals surface area contributed by atoms with Crippen molar-refractivity contribution in [1.82, 2.24) is 10.2 Å². The van der Waals surface area contributed by atoms with Crippen LogP contribution in [0.2, 0.25) is 0 Å². The van der Waals surface area contributed by atoms with Crippen LogP contribution < -0.4 is 11.1 Å². The molecular formula is C16H25N3O2. The van der Waals surface area contributed by atoms with Gasteiger partial charge in [-0.15, -0.1) is 0 Å². The van der Waals surface area contributed by atoms with Crippen molar-refractivity contribution in [2.75, 3.05) is 14.1 Å². The number of carbonyl (C=O) groups is 2. The summed E-state index contributed by atoms with van der Waals surface area (Å²) >= 11 is 0. The molecule has 0 aromatic heterocycles. The van der Waals surface area contributed by atoms with Gasteiger partial charge >= 0.3 is 0 Å². The zero-order chi connectivity index (χ0) is 16.0. The smallest absolute Gasteiger partial charge is 0.244 e. The number of benzene rings is 1. The molecule has 0 aliphatic carbocycles. The van der Waals surface area contributed by atoms with E-state index in [1.165, 1.54) is 4.90 Å². The van der Waals surface area contributed by atoms with Gasteiger partial charge in [-0.3, -0.25) is 9.59 Å². The normalized spacial score (nSPS) is 13.6. The number of hydrogen-bond donors (Lipinski definition) is 2. The van der Waals surface area contributed by atoms with E-state index >= 15 is 0 Å². The number of rotatable bonds is 6. The van der Waals surface area contributed by atoms with Gasteiger partial charge in [-0.05, 0) is 17.9 Å². The Morgan fingerprint density at radius 2 is 1.76 bits per heavy atom.